The molecular weight excluding hydrogens is 497 g/mol. The van der Waals surface area contributed by atoms with Crippen molar-refractivity contribution in [2.24, 2.45) is 5.92 Å². The summed E-state index contributed by atoms with van der Waals surface area (Å²) in [7, 11) is 0. The smallest absolute Gasteiger partial charge is 0.168 e. The monoisotopic (exact) mass is 538 g/mol. The molecule has 1 fully saturated rings. The second-order valence-electron chi connectivity index (χ2n) is 11.0. The van der Waals surface area contributed by atoms with Gasteiger partial charge in [-0.1, -0.05) is 95.2 Å². The first-order valence-electron chi connectivity index (χ1n) is 14.6. The van der Waals surface area contributed by atoms with Crippen molar-refractivity contribution < 1.29 is 22.6 Å². The fourth-order valence-electron chi connectivity index (χ4n) is 5.37. The summed E-state index contributed by atoms with van der Waals surface area (Å²) >= 11 is 0. The van der Waals surface area contributed by atoms with Crippen molar-refractivity contribution in [3.05, 3.63) is 83.2 Å². The van der Waals surface area contributed by atoms with Gasteiger partial charge in [0.05, 0.1) is 6.61 Å². The molecule has 0 bridgehead atoms. The van der Waals surface area contributed by atoms with Crippen LogP contribution in [0.15, 0.2) is 54.6 Å². The van der Waals surface area contributed by atoms with Crippen molar-refractivity contribution >= 4 is 0 Å². The van der Waals surface area contributed by atoms with E-state index in [4.69, 9.17) is 9.47 Å². The zero-order valence-electron chi connectivity index (χ0n) is 23.3. The lowest BCUT2D eigenvalue weighted by molar-refractivity contribution is 0.283. The van der Waals surface area contributed by atoms with Crippen LogP contribution in [0.3, 0.4) is 0 Å². The Morgan fingerprint density at radius 3 is 2.18 bits per heavy atom. The van der Waals surface area contributed by atoms with Gasteiger partial charge in [0.2, 0.25) is 0 Å². The zero-order valence-corrected chi connectivity index (χ0v) is 23.3. The lowest BCUT2D eigenvalue weighted by Gasteiger charge is -2.27. The summed E-state index contributed by atoms with van der Waals surface area (Å²) in [5.74, 6) is -0.566. The highest BCUT2D eigenvalue weighted by molar-refractivity contribution is 5.65. The van der Waals surface area contributed by atoms with Crippen LogP contribution in [0.25, 0.3) is 11.1 Å². The van der Waals surface area contributed by atoms with Gasteiger partial charge in [0.25, 0.3) is 0 Å². The lowest BCUT2D eigenvalue weighted by Crippen LogP contribution is -2.13. The molecule has 4 rings (SSSR count). The van der Waals surface area contributed by atoms with Crippen LogP contribution in [0.2, 0.25) is 0 Å². The fraction of sp³-hybridized carbons (Fsp3) is 0.471. The Hall–Kier alpha value is -2.95. The standard InChI is InChI=1S/C34H41F3O2/c1-3-4-5-6-7-8-21-38-32-20-17-28(22-31(32)35)39-23-25-11-15-27(16-12-25)30-19-18-29(33(36)34(30)37)26-13-9-24(2)10-14-26/h11-12,15-20,22,24,26H,3-10,13-14,21,23H2,1-2H3. The molecule has 0 aliphatic heterocycles. The molecule has 1 aliphatic carbocycles. The van der Waals surface area contributed by atoms with Crippen molar-refractivity contribution in [1.29, 1.82) is 0 Å². The molecule has 3 aromatic carbocycles. The highest BCUT2D eigenvalue weighted by Crippen LogP contribution is 2.38. The van der Waals surface area contributed by atoms with Gasteiger partial charge in [-0.25, -0.2) is 13.2 Å². The largest absolute Gasteiger partial charge is 0.491 e. The van der Waals surface area contributed by atoms with E-state index >= 15 is 4.39 Å². The van der Waals surface area contributed by atoms with Crippen LogP contribution >= 0.6 is 0 Å². The van der Waals surface area contributed by atoms with Crippen LogP contribution < -0.4 is 9.47 Å². The minimum Gasteiger partial charge on any atom is -0.491 e. The molecule has 210 valence electrons. The summed E-state index contributed by atoms with van der Waals surface area (Å²) < 4.78 is 55.8. The molecule has 39 heavy (non-hydrogen) atoms. The van der Waals surface area contributed by atoms with E-state index < -0.39 is 17.5 Å². The van der Waals surface area contributed by atoms with Crippen molar-refractivity contribution in [1.82, 2.24) is 0 Å². The molecule has 0 radical (unpaired) electrons. The van der Waals surface area contributed by atoms with Crippen molar-refractivity contribution in [2.45, 2.75) is 90.6 Å². The molecule has 2 nitrogen and oxygen atoms in total. The van der Waals surface area contributed by atoms with E-state index in [0.717, 1.165) is 44.1 Å². The van der Waals surface area contributed by atoms with Gasteiger partial charge in [0.15, 0.2) is 23.2 Å². The van der Waals surface area contributed by atoms with Gasteiger partial charge in [-0.05, 0) is 59.9 Å². The van der Waals surface area contributed by atoms with Gasteiger partial charge in [-0.2, -0.15) is 0 Å². The summed E-state index contributed by atoms with van der Waals surface area (Å²) in [6.45, 7) is 5.14. The van der Waals surface area contributed by atoms with Crippen molar-refractivity contribution in [2.75, 3.05) is 6.61 Å². The van der Waals surface area contributed by atoms with Crippen LogP contribution in [0.5, 0.6) is 11.5 Å². The molecule has 0 spiro atoms. The maximum absolute atomic E-state index is 15.0. The van der Waals surface area contributed by atoms with Crippen molar-refractivity contribution in [3.63, 3.8) is 0 Å². The van der Waals surface area contributed by atoms with E-state index in [2.05, 4.69) is 13.8 Å². The predicted molar refractivity (Wildman–Crippen MR) is 152 cm³/mol. The number of ether oxygens (including phenoxy) is 2. The Kier molecular flexibility index (Phi) is 10.8. The van der Waals surface area contributed by atoms with Gasteiger partial charge in [-0.15, -0.1) is 0 Å². The molecule has 0 unspecified atom stereocenters. The van der Waals surface area contributed by atoms with Crippen molar-refractivity contribution in [3.8, 4) is 22.6 Å². The summed E-state index contributed by atoms with van der Waals surface area (Å²) in [6, 6.07) is 15.2. The van der Waals surface area contributed by atoms with E-state index in [1.165, 1.54) is 31.7 Å². The Morgan fingerprint density at radius 2 is 1.46 bits per heavy atom. The minimum atomic E-state index is -0.788. The number of halogens is 3. The predicted octanol–water partition coefficient (Wildman–Crippen LogP) is 10.4. The summed E-state index contributed by atoms with van der Waals surface area (Å²) in [6.07, 6.45) is 10.8. The fourth-order valence-corrected chi connectivity index (χ4v) is 5.37. The van der Waals surface area contributed by atoms with Crippen LogP contribution in [-0.2, 0) is 6.61 Å². The normalized spacial score (nSPS) is 17.3. The summed E-state index contributed by atoms with van der Waals surface area (Å²) in [5.41, 5.74) is 2.21. The third kappa shape index (κ3) is 8.03. The molecular formula is C34H41F3O2. The SMILES string of the molecule is CCCCCCCCOc1ccc(OCc2ccc(-c3ccc(C4CCC(C)CC4)c(F)c3F)cc2)cc1F. The summed E-state index contributed by atoms with van der Waals surface area (Å²) in [4.78, 5) is 0. The Balaban J connectivity index is 1.29. The van der Waals surface area contributed by atoms with E-state index in [-0.39, 0.29) is 23.8 Å². The molecule has 3 aromatic rings. The zero-order chi connectivity index (χ0) is 27.6. The van der Waals surface area contributed by atoms with E-state index in [0.29, 0.717) is 29.4 Å². The highest BCUT2D eigenvalue weighted by Gasteiger charge is 2.25. The molecule has 1 aliphatic rings. The number of rotatable bonds is 13. The first kappa shape index (κ1) is 29.0. The van der Waals surface area contributed by atoms with Gasteiger partial charge < -0.3 is 9.47 Å². The molecule has 0 atom stereocenters. The van der Waals surface area contributed by atoms with Gasteiger partial charge in [0, 0.05) is 11.6 Å². The van der Waals surface area contributed by atoms with Gasteiger partial charge in [-0.3, -0.25) is 0 Å². The quantitative estimate of drug-likeness (QED) is 0.202. The molecule has 5 heteroatoms. The minimum absolute atomic E-state index is 0.0926. The van der Waals surface area contributed by atoms with Crippen LogP contribution in [0.4, 0.5) is 13.2 Å². The van der Waals surface area contributed by atoms with Crippen LogP contribution in [0, 0.1) is 23.4 Å². The Bertz CT molecular complexity index is 1180. The average molecular weight is 539 g/mol. The molecule has 0 amide bonds. The van der Waals surface area contributed by atoms with Crippen LogP contribution in [0.1, 0.15) is 95.1 Å². The number of hydrogen-bond acceptors (Lipinski definition) is 2. The third-order valence-corrected chi connectivity index (χ3v) is 7.90. The van der Waals surface area contributed by atoms with E-state index in [9.17, 15) is 8.78 Å². The first-order valence-corrected chi connectivity index (χ1v) is 14.6. The highest BCUT2D eigenvalue weighted by atomic mass is 19.2. The summed E-state index contributed by atoms with van der Waals surface area (Å²) in [5, 5.41) is 0. The number of hydrogen-bond donors (Lipinski definition) is 0. The topological polar surface area (TPSA) is 18.5 Å². The van der Waals surface area contributed by atoms with Gasteiger partial charge in [0.1, 0.15) is 12.4 Å². The lowest BCUT2D eigenvalue weighted by atomic mass is 9.79. The molecule has 1 saturated carbocycles. The molecule has 0 N–H and O–H groups in total. The average Bonchev–Trinajstić information content (AvgIpc) is 2.95. The second kappa shape index (κ2) is 14.4. The van der Waals surface area contributed by atoms with E-state index in [1.807, 2.05) is 12.1 Å². The van der Waals surface area contributed by atoms with E-state index in [1.54, 1.807) is 36.4 Å². The number of unbranched alkanes of at least 4 members (excludes halogenated alkanes) is 5. The molecule has 0 heterocycles. The van der Waals surface area contributed by atoms with Crippen LogP contribution in [-0.4, -0.2) is 6.61 Å². The number of benzene rings is 3. The maximum atomic E-state index is 15.0. The Labute approximate surface area is 231 Å². The first-order chi connectivity index (χ1) is 19.0. The molecule has 0 saturated heterocycles. The Morgan fingerprint density at radius 1 is 0.744 bits per heavy atom. The van der Waals surface area contributed by atoms with Gasteiger partial charge >= 0.3 is 0 Å². The third-order valence-electron chi connectivity index (χ3n) is 7.90. The second-order valence-corrected chi connectivity index (χ2v) is 11.0. The maximum Gasteiger partial charge on any atom is 0.168 e. The molecule has 0 aromatic heterocycles.